The Hall–Kier alpha value is -0.930. The summed E-state index contributed by atoms with van der Waals surface area (Å²) in [6.07, 6.45) is 3.98. The van der Waals surface area contributed by atoms with E-state index in [0.717, 1.165) is 51.0 Å². The lowest BCUT2D eigenvalue weighted by atomic mass is 10.0. The standard InChI is InChI=1S/C16H26FNO/c1-3-9-18-16(8-11-19-10-4-2)13-14-6-5-7-15(17)12-14/h5-7,12,16,18H,3-4,8-11,13H2,1-2H3. The fraction of sp³-hybridized carbons (Fsp3) is 0.625. The van der Waals surface area contributed by atoms with Crippen LogP contribution in [0.1, 0.15) is 38.7 Å². The number of hydrogen-bond acceptors (Lipinski definition) is 2. The van der Waals surface area contributed by atoms with Crippen LogP contribution in [0, 0.1) is 5.82 Å². The van der Waals surface area contributed by atoms with Crippen molar-refractivity contribution in [1.82, 2.24) is 5.32 Å². The van der Waals surface area contributed by atoms with E-state index in [1.54, 1.807) is 12.1 Å². The minimum Gasteiger partial charge on any atom is -0.381 e. The van der Waals surface area contributed by atoms with Gasteiger partial charge in [-0.1, -0.05) is 26.0 Å². The molecule has 0 aliphatic carbocycles. The lowest BCUT2D eigenvalue weighted by molar-refractivity contribution is 0.124. The first kappa shape index (κ1) is 16.1. The number of ether oxygens (including phenoxy) is 1. The van der Waals surface area contributed by atoms with Crippen LogP contribution in [-0.2, 0) is 11.2 Å². The molecular weight excluding hydrogens is 241 g/mol. The topological polar surface area (TPSA) is 21.3 Å². The molecule has 0 radical (unpaired) electrons. The van der Waals surface area contributed by atoms with Gasteiger partial charge in [0, 0.05) is 19.3 Å². The Morgan fingerprint density at radius 3 is 2.74 bits per heavy atom. The molecule has 0 spiro atoms. The highest BCUT2D eigenvalue weighted by atomic mass is 19.1. The average Bonchev–Trinajstić information content (AvgIpc) is 2.40. The molecule has 1 aromatic rings. The van der Waals surface area contributed by atoms with E-state index < -0.39 is 0 Å². The third-order valence-corrected chi connectivity index (χ3v) is 3.01. The van der Waals surface area contributed by atoms with Gasteiger partial charge in [0.2, 0.25) is 0 Å². The summed E-state index contributed by atoms with van der Waals surface area (Å²) in [5.74, 6) is -0.158. The molecule has 0 aliphatic heterocycles. The summed E-state index contributed by atoms with van der Waals surface area (Å²) in [5, 5.41) is 3.51. The smallest absolute Gasteiger partial charge is 0.123 e. The number of hydrogen-bond donors (Lipinski definition) is 1. The van der Waals surface area contributed by atoms with E-state index in [4.69, 9.17) is 4.74 Å². The van der Waals surface area contributed by atoms with Gasteiger partial charge in [-0.15, -0.1) is 0 Å². The maximum Gasteiger partial charge on any atom is 0.123 e. The number of nitrogens with one attached hydrogen (secondary N) is 1. The van der Waals surface area contributed by atoms with Crippen LogP contribution in [0.5, 0.6) is 0 Å². The first-order valence-electron chi connectivity index (χ1n) is 7.31. The van der Waals surface area contributed by atoms with Gasteiger partial charge in [0.15, 0.2) is 0 Å². The lowest BCUT2D eigenvalue weighted by Crippen LogP contribution is -2.33. The minimum atomic E-state index is -0.158. The van der Waals surface area contributed by atoms with Crippen molar-refractivity contribution in [3.63, 3.8) is 0 Å². The highest BCUT2D eigenvalue weighted by Crippen LogP contribution is 2.09. The van der Waals surface area contributed by atoms with Gasteiger partial charge < -0.3 is 10.1 Å². The van der Waals surface area contributed by atoms with Gasteiger partial charge >= 0.3 is 0 Å². The first-order chi connectivity index (χ1) is 9.26. The van der Waals surface area contributed by atoms with Gasteiger partial charge in [0.1, 0.15) is 5.82 Å². The third kappa shape index (κ3) is 7.28. The molecule has 0 bridgehead atoms. The second kappa shape index (κ2) is 9.93. The molecule has 1 N–H and O–H groups in total. The fourth-order valence-corrected chi connectivity index (χ4v) is 2.05. The predicted octanol–water partition coefficient (Wildman–Crippen LogP) is 3.55. The summed E-state index contributed by atoms with van der Waals surface area (Å²) in [7, 11) is 0. The molecule has 1 aromatic carbocycles. The molecule has 1 unspecified atom stereocenters. The minimum absolute atomic E-state index is 0.158. The van der Waals surface area contributed by atoms with Crippen molar-refractivity contribution in [3.05, 3.63) is 35.6 Å². The summed E-state index contributed by atoms with van der Waals surface area (Å²) in [6.45, 7) is 6.85. The van der Waals surface area contributed by atoms with Crippen molar-refractivity contribution >= 4 is 0 Å². The molecule has 0 saturated carbocycles. The normalized spacial score (nSPS) is 12.6. The number of benzene rings is 1. The van der Waals surface area contributed by atoms with Crippen molar-refractivity contribution in [2.75, 3.05) is 19.8 Å². The van der Waals surface area contributed by atoms with Crippen LogP contribution >= 0.6 is 0 Å². The van der Waals surface area contributed by atoms with Gasteiger partial charge in [-0.05, 0) is 49.9 Å². The van der Waals surface area contributed by atoms with Gasteiger partial charge in [-0.2, -0.15) is 0 Å². The second-order valence-corrected chi connectivity index (χ2v) is 4.89. The van der Waals surface area contributed by atoms with E-state index in [1.165, 1.54) is 6.07 Å². The zero-order valence-electron chi connectivity index (χ0n) is 12.1. The molecule has 1 rings (SSSR count). The molecule has 0 heterocycles. The molecule has 0 fully saturated rings. The average molecular weight is 267 g/mol. The predicted molar refractivity (Wildman–Crippen MR) is 77.9 cm³/mol. The monoisotopic (exact) mass is 267 g/mol. The summed E-state index contributed by atoms with van der Waals surface area (Å²) in [4.78, 5) is 0. The maximum atomic E-state index is 13.2. The van der Waals surface area contributed by atoms with Gasteiger partial charge in [-0.25, -0.2) is 4.39 Å². The molecule has 0 aliphatic rings. The molecule has 2 nitrogen and oxygen atoms in total. The summed E-state index contributed by atoms with van der Waals surface area (Å²) in [6, 6.07) is 7.22. The largest absolute Gasteiger partial charge is 0.381 e. The highest BCUT2D eigenvalue weighted by molar-refractivity contribution is 5.17. The van der Waals surface area contributed by atoms with Gasteiger partial charge in [-0.3, -0.25) is 0 Å². The van der Waals surface area contributed by atoms with E-state index in [1.807, 2.05) is 6.07 Å². The molecule has 0 saturated heterocycles. The van der Waals surface area contributed by atoms with Gasteiger partial charge in [0.25, 0.3) is 0 Å². The van der Waals surface area contributed by atoms with Crippen molar-refractivity contribution in [3.8, 4) is 0 Å². The lowest BCUT2D eigenvalue weighted by Gasteiger charge is -2.18. The zero-order chi connectivity index (χ0) is 13.9. The summed E-state index contributed by atoms with van der Waals surface area (Å²) in [5.41, 5.74) is 1.05. The molecule has 3 heteroatoms. The van der Waals surface area contributed by atoms with E-state index in [9.17, 15) is 4.39 Å². The van der Waals surface area contributed by atoms with Gasteiger partial charge in [0.05, 0.1) is 0 Å². The third-order valence-electron chi connectivity index (χ3n) is 3.01. The second-order valence-electron chi connectivity index (χ2n) is 4.89. The van der Waals surface area contributed by atoms with Crippen LogP contribution < -0.4 is 5.32 Å². The van der Waals surface area contributed by atoms with Crippen molar-refractivity contribution < 1.29 is 9.13 Å². The van der Waals surface area contributed by atoms with E-state index in [-0.39, 0.29) is 5.82 Å². The molecule has 19 heavy (non-hydrogen) atoms. The Morgan fingerprint density at radius 2 is 2.05 bits per heavy atom. The van der Waals surface area contributed by atoms with Crippen molar-refractivity contribution in [1.29, 1.82) is 0 Å². The Balaban J connectivity index is 2.43. The summed E-state index contributed by atoms with van der Waals surface area (Å²) >= 11 is 0. The maximum absolute atomic E-state index is 13.2. The highest BCUT2D eigenvalue weighted by Gasteiger charge is 2.09. The van der Waals surface area contributed by atoms with E-state index >= 15 is 0 Å². The first-order valence-corrected chi connectivity index (χ1v) is 7.31. The van der Waals surface area contributed by atoms with Crippen LogP contribution in [-0.4, -0.2) is 25.8 Å². The number of halogens is 1. The van der Waals surface area contributed by atoms with Crippen LogP contribution in [0.2, 0.25) is 0 Å². The van der Waals surface area contributed by atoms with Crippen molar-refractivity contribution in [2.24, 2.45) is 0 Å². The zero-order valence-corrected chi connectivity index (χ0v) is 12.1. The molecule has 1 atom stereocenters. The Morgan fingerprint density at radius 1 is 1.21 bits per heavy atom. The molecule has 0 amide bonds. The Kier molecular flexibility index (Phi) is 8.43. The SMILES string of the molecule is CCCNC(CCOCCC)Cc1cccc(F)c1. The number of rotatable bonds is 10. The molecular formula is C16H26FNO. The van der Waals surface area contributed by atoms with E-state index in [0.29, 0.717) is 6.04 Å². The van der Waals surface area contributed by atoms with E-state index in [2.05, 4.69) is 19.2 Å². The van der Waals surface area contributed by atoms with Crippen molar-refractivity contribution in [2.45, 2.75) is 45.6 Å². The summed E-state index contributed by atoms with van der Waals surface area (Å²) < 4.78 is 18.7. The fourth-order valence-electron chi connectivity index (χ4n) is 2.05. The Labute approximate surface area is 116 Å². The van der Waals surface area contributed by atoms with Crippen LogP contribution in [0.15, 0.2) is 24.3 Å². The van der Waals surface area contributed by atoms with Crippen LogP contribution in [0.25, 0.3) is 0 Å². The van der Waals surface area contributed by atoms with Crippen LogP contribution in [0.3, 0.4) is 0 Å². The quantitative estimate of drug-likeness (QED) is 0.655. The van der Waals surface area contributed by atoms with Crippen LogP contribution in [0.4, 0.5) is 4.39 Å². The molecule has 108 valence electrons. The Bertz CT molecular complexity index is 343. The molecule has 0 aromatic heterocycles.